The molecule has 112 valence electrons. The zero-order valence-electron chi connectivity index (χ0n) is 11.9. The van der Waals surface area contributed by atoms with E-state index in [4.69, 9.17) is 5.73 Å². The van der Waals surface area contributed by atoms with Crippen LogP contribution in [0.4, 0.5) is 10.1 Å². The van der Waals surface area contributed by atoms with Crippen LogP contribution in [0.5, 0.6) is 0 Å². The van der Waals surface area contributed by atoms with E-state index in [0.717, 1.165) is 6.07 Å². The summed E-state index contributed by atoms with van der Waals surface area (Å²) in [5.41, 5.74) is 7.56. The van der Waals surface area contributed by atoms with Gasteiger partial charge in [-0.2, -0.15) is 4.31 Å². The number of halogens is 1. The van der Waals surface area contributed by atoms with Crippen molar-refractivity contribution in [1.29, 1.82) is 0 Å². The number of nitrogens with two attached hydrogens (primary N) is 1. The van der Waals surface area contributed by atoms with E-state index in [-0.39, 0.29) is 11.4 Å². The molecule has 6 heteroatoms. The molecule has 4 nitrogen and oxygen atoms in total. The lowest BCUT2D eigenvalue weighted by atomic mass is 10.2. The second-order valence-electron chi connectivity index (χ2n) is 4.87. The Kier molecular flexibility index (Phi) is 4.29. The molecule has 2 rings (SSSR count). The highest BCUT2D eigenvalue weighted by atomic mass is 32.2. The average Bonchev–Trinajstić information content (AvgIpc) is 2.43. The largest absolute Gasteiger partial charge is 0.398 e. The molecule has 0 fully saturated rings. The van der Waals surface area contributed by atoms with Crippen molar-refractivity contribution in [3.63, 3.8) is 0 Å². The first kappa shape index (κ1) is 15.5. The number of hydrogen-bond acceptors (Lipinski definition) is 3. The van der Waals surface area contributed by atoms with Crippen LogP contribution in [0.3, 0.4) is 0 Å². The fourth-order valence-corrected chi connectivity index (χ4v) is 3.40. The molecule has 2 aromatic rings. The van der Waals surface area contributed by atoms with Crippen molar-refractivity contribution in [1.82, 2.24) is 4.31 Å². The van der Waals surface area contributed by atoms with Gasteiger partial charge in [0, 0.05) is 19.3 Å². The Labute approximate surface area is 124 Å². The van der Waals surface area contributed by atoms with Gasteiger partial charge in [-0.15, -0.1) is 0 Å². The van der Waals surface area contributed by atoms with Crippen LogP contribution in [-0.2, 0) is 16.6 Å². The maximum Gasteiger partial charge on any atom is 0.243 e. The van der Waals surface area contributed by atoms with Crippen molar-refractivity contribution >= 4 is 15.7 Å². The number of hydrogen-bond donors (Lipinski definition) is 1. The lowest BCUT2D eigenvalue weighted by Gasteiger charge is -2.19. The molecule has 0 aromatic heterocycles. The molecule has 21 heavy (non-hydrogen) atoms. The van der Waals surface area contributed by atoms with Gasteiger partial charge in [0.05, 0.1) is 4.90 Å². The van der Waals surface area contributed by atoms with Gasteiger partial charge in [-0.25, -0.2) is 12.8 Å². The topological polar surface area (TPSA) is 63.4 Å². The van der Waals surface area contributed by atoms with Gasteiger partial charge in [0.1, 0.15) is 5.82 Å². The molecule has 0 saturated carbocycles. The number of aryl methyl sites for hydroxylation is 1. The zero-order chi connectivity index (χ0) is 15.6. The van der Waals surface area contributed by atoms with Gasteiger partial charge in [-0.1, -0.05) is 24.3 Å². The van der Waals surface area contributed by atoms with Crippen LogP contribution < -0.4 is 5.73 Å². The fraction of sp³-hybridized carbons (Fsp3) is 0.200. The third-order valence-corrected chi connectivity index (χ3v) is 5.23. The van der Waals surface area contributed by atoms with Crippen molar-refractivity contribution < 1.29 is 12.8 Å². The Bertz CT molecular complexity index is 760. The van der Waals surface area contributed by atoms with Crippen molar-refractivity contribution in [2.45, 2.75) is 18.4 Å². The molecule has 0 aliphatic heterocycles. The van der Waals surface area contributed by atoms with Gasteiger partial charge < -0.3 is 5.73 Å². The number of nitrogens with zero attached hydrogens (tertiary/aromatic N) is 1. The second kappa shape index (κ2) is 5.83. The van der Waals surface area contributed by atoms with E-state index in [1.54, 1.807) is 31.2 Å². The van der Waals surface area contributed by atoms with E-state index in [1.807, 2.05) is 0 Å². The quantitative estimate of drug-likeness (QED) is 0.883. The molecule has 0 bridgehead atoms. The number of para-hydroxylation sites is 1. The van der Waals surface area contributed by atoms with Crippen LogP contribution in [0.25, 0.3) is 0 Å². The Morgan fingerprint density at radius 2 is 1.86 bits per heavy atom. The molecule has 0 atom stereocenters. The van der Waals surface area contributed by atoms with Crippen molar-refractivity contribution in [2.75, 3.05) is 12.8 Å². The minimum Gasteiger partial charge on any atom is -0.398 e. The van der Waals surface area contributed by atoms with Gasteiger partial charge >= 0.3 is 0 Å². The summed E-state index contributed by atoms with van der Waals surface area (Å²) in [6.45, 7) is 1.77. The minimum atomic E-state index is -3.77. The molecular weight excluding hydrogens is 291 g/mol. The maximum absolute atomic E-state index is 13.3. The lowest BCUT2D eigenvalue weighted by Crippen LogP contribution is -2.27. The predicted molar refractivity (Wildman–Crippen MR) is 80.6 cm³/mol. The van der Waals surface area contributed by atoms with E-state index in [0.29, 0.717) is 16.8 Å². The molecular formula is C15H17FN2O2S. The summed E-state index contributed by atoms with van der Waals surface area (Å²) in [5.74, 6) is -0.577. The van der Waals surface area contributed by atoms with Crippen LogP contribution >= 0.6 is 0 Å². The lowest BCUT2D eigenvalue weighted by molar-refractivity contribution is 0.466. The first-order valence-electron chi connectivity index (χ1n) is 6.38. The Morgan fingerprint density at radius 1 is 1.19 bits per heavy atom. The van der Waals surface area contributed by atoms with E-state index >= 15 is 0 Å². The third kappa shape index (κ3) is 3.22. The van der Waals surface area contributed by atoms with Crippen molar-refractivity contribution in [2.24, 2.45) is 0 Å². The molecule has 0 spiro atoms. The number of anilines is 1. The molecule has 0 heterocycles. The van der Waals surface area contributed by atoms with Gasteiger partial charge in [0.2, 0.25) is 10.0 Å². The molecule has 0 aliphatic carbocycles. The smallest absolute Gasteiger partial charge is 0.243 e. The Hall–Kier alpha value is -1.92. The maximum atomic E-state index is 13.3. The van der Waals surface area contributed by atoms with Crippen LogP contribution in [0.15, 0.2) is 47.4 Å². The third-order valence-electron chi connectivity index (χ3n) is 3.29. The number of rotatable bonds is 4. The Morgan fingerprint density at radius 3 is 2.52 bits per heavy atom. The van der Waals surface area contributed by atoms with Crippen LogP contribution in [0, 0.1) is 12.7 Å². The summed E-state index contributed by atoms with van der Waals surface area (Å²) < 4.78 is 39.6. The highest BCUT2D eigenvalue weighted by molar-refractivity contribution is 7.89. The number of benzene rings is 2. The zero-order valence-corrected chi connectivity index (χ0v) is 12.7. The number of sulfonamides is 1. The van der Waals surface area contributed by atoms with Gasteiger partial charge in [-0.05, 0) is 36.2 Å². The average molecular weight is 308 g/mol. The second-order valence-corrected chi connectivity index (χ2v) is 6.88. The SMILES string of the molecule is Cc1ccc(F)cc1S(=O)(=O)N(C)Cc1ccccc1N. The van der Waals surface area contributed by atoms with Crippen molar-refractivity contribution in [3.05, 3.63) is 59.4 Å². The summed E-state index contributed by atoms with van der Waals surface area (Å²) in [4.78, 5) is -0.0282. The van der Waals surface area contributed by atoms with Crippen molar-refractivity contribution in [3.8, 4) is 0 Å². The first-order chi connectivity index (χ1) is 9.82. The minimum absolute atomic E-state index is 0.0282. The number of nitrogen functional groups attached to an aromatic ring is 1. The summed E-state index contributed by atoms with van der Waals surface area (Å²) in [6, 6.07) is 10.8. The molecule has 0 amide bonds. The first-order valence-corrected chi connectivity index (χ1v) is 7.82. The summed E-state index contributed by atoms with van der Waals surface area (Å²) in [7, 11) is -2.32. The molecule has 0 saturated heterocycles. The summed E-state index contributed by atoms with van der Waals surface area (Å²) >= 11 is 0. The summed E-state index contributed by atoms with van der Waals surface area (Å²) in [6.07, 6.45) is 0. The fourth-order valence-electron chi connectivity index (χ4n) is 2.02. The molecule has 2 aromatic carbocycles. The van der Waals surface area contributed by atoms with E-state index in [9.17, 15) is 12.8 Å². The molecule has 2 N–H and O–H groups in total. The standard InChI is InChI=1S/C15H17FN2O2S/c1-11-7-8-13(16)9-15(11)21(19,20)18(2)10-12-5-3-4-6-14(12)17/h3-9H,10,17H2,1-2H3. The van der Waals surface area contributed by atoms with E-state index in [1.165, 1.54) is 23.5 Å². The van der Waals surface area contributed by atoms with Gasteiger partial charge in [0.25, 0.3) is 0 Å². The highest BCUT2D eigenvalue weighted by Crippen LogP contribution is 2.22. The Balaban J connectivity index is 2.35. The molecule has 0 unspecified atom stereocenters. The monoisotopic (exact) mass is 308 g/mol. The van der Waals surface area contributed by atoms with Gasteiger partial charge in [0.15, 0.2) is 0 Å². The molecule has 0 aliphatic rings. The predicted octanol–water partition coefficient (Wildman–Crippen LogP) is 2.54. The van der Waals surface area contributed by atoms with Crippen LogP contribution in [-0.4, -0.2) is 19.8 Å². The van der Waals surface area contributed by atoms with Crippen LogP contribution in [0.1, 0.15) is 11.1 Å². The van der Waals surface area contributed by atoms with E-state index < -0.39 is 15.8 Å². The van der Waals surface area contributed by atoms with Crippen LogP contribution in [0.2, 0.25) is 0 Å². The molecule has 0 radical (unpaired) electrons. The van der Waals surface area contributed by atoms with E-state index in [2.05, 4.69) is 0 Å². The highest BCUT2D eigenvalue weighted by Gasteiger charge is 2.23. The van der Waals surface area contributed by atoms with Gasteiger partial charge in [-0.3, -0.25) is 0 Å². The summed E-state index contributed by atoms with van der Waals surface area (Å²) in [5, 5.41) is 0. The normalized spacial score (nSPS) is 11.8.